The Morgan fingerprint density at radius 2 is 2.26 bits per heavy atom. The predicted octanol–water partition coefficient (Wildman–Crippen LogP) is 4.51. The van der Waals surface area contributed by atoms with E-state index in [1.165, 1.54) is 24.2 Å². The van der Waals surface area contributed by atoms with E-state index in [1.54, 1.807) is 0 Å². The van der Waals surface area contributed by atoms with E-state index in [0.717, 1.165) is 30.8 Å². The maximum atomic E-state index is 10.5. The number of nitrogens with zero attached hydrogens (tertiary/aromatic N) is 3. The maximum absolute atomic E-state index is 10.5. The molecule has 1 aromatic heterocycles. The molecule has 2 aliphatic heterocycles. The second-order valence-corrected chi connectivity index (χ2v) is 8.50. The van der Waals surface area contributed by atoms with Crippen LogP contribution in [0.4, 0.5) is 0 Å². The van der Waals surface area contributed by atoms with Crippen molar-refractivity contribution in [2.75, 3.05) is 26.7 Å². The number of nitrogens with one attached hydrogen (secondary N) is 1. The Labute approximate surface area is 168 Å². The van der Waals surface area contributed by atoms with Crippen molar-refractivity contribution in [1.82, 2.24) is 14.8 Å². The van der Waals surface area contributed by atoms with Gasteiger partial charge in [-0.25, -0.2) is 4.98 Å². The van der Waals surface area contributed by atoms with Crippen LogP contribution in [0.2, 0.25) is 5.02 Å². The van der Waals surface area contributed by atoms with Gasteiger partial charge in [-0.3, -0.25) is 5.41 Å². The first-order valence-corrected chi connectivity index (χ1v) is 10.5. The molecule has 1 fully saturated rings. The van der Waals surface area contributed by atoms with Gasteiger partial charge in [-0.1, -0.05) is 23.7 Å². The van der Waals surface area contributed by atoms with E-state index in [9.17, 15) is 5.11 Å². The summed E-state index contributed by atoms with van der Waals surface area (Å²) in [6, 6.07) is 8.15. The minimum Gasteiger partial charge on any atom is -0.510 e. The largest absolute Gasteiger partial charge is 0.510 e. The van der Waals surface area contributed by atoms with Gasteiger partial charge in [0.15, 0.2) is 0 Å². The van der Waals surface area contributed by atoms with Crippen molar-refractivity contribution in [1.29, 1.82) is 5.41 Å². The highest BCUT2D eigenvalue weighted by molar-refractivity contribution is 7.11. The molecule has 142 valence electrons. The van der Waals surface area contributed by atoms with Crippen LogP contribution in [0.3, 0.4) is 0 Å². The number of amidine groups is 1. The molecule has 0 radical (unpaired) electrons. The van der Waals surface area contributed by atoms with Crippen molar-refractivity contribution in [3.05, 3.63) is 45.4 Å². The SMILES string of the molecule is CN1CCCC1CCN1CC(O)=C(c2nc(-c3cccc(Cl)c3)cs2)C1=N. The quantitative estimate of drug-likeness (QED) is 0.772. The normalized spacial score (nSPS) is 20.9. The zero-order chi connectivity index (χ0) is 19.0. The van der Waals surface area contributed by atoms with Crippen LogP contribution in [-0.2, 0) is 0 Å². The summed E-state index contributed by atoms with van der Waals surface area (Å²) in [7, 11) is 2.17. The summed E-state index contributed by atoms with van der Waals surface area (Å²) in [6.07, 6.45) is 3.49. The fraction of sp³-hybridized carbons (Fsp3) is 0.400. The highest BCUT2D eigenvalue weighted by atomic mass is 35.5. The summed E-state index contributed by atoms with van der Waals surface area (Å²) >= 11 is 7.53. The van der Waals surface area contributed by atoms with Crippen LogP contribution in [0.5, 0.6) is 0 Å². The van der Waals surface area contributed by atoms with Gasteiger partial charge < -0.3 is 14.9 Å². The third-order valence-electron chi connectivity index (χ3n) is 5.42. The molecule has 2 N–H and O–H groups in total. The van der Waals surface area contributed by atoms with Crippen LogP contribution in [0.25, 0.3) is 16.8 Å². The zero-order valence-corrected chi connectivity index (χ0v) is 16.9. The molecule has 0 spiro atoms. The number of aliphatic hydroxyl groups is 1. The van der Waals surface area contributed by atoms with Crippen molar-refractivity contribution in [2.24, 2.45) is 0 Å². The summed E-state index contributed by atoms with van der Waals surface area (Å²) in [4.78, 5) is 9.01. The van der Waals surface area contributed by atoms with Crippen molar-refractivity contribution in [3.63, 3.8) is 0 Å². The lowest BCUT2D eigenvalue weighted by atomic mass is 10.1. The van der Waals surface area contributed by atoms with Crippen molar-refractivity contribution in [3.8, 4) is 11.3 Å². The average molecular weight is 403 g/mol. The lowest BCUT2D eigenvalue weighted by molar-refractivity contribution is 0.268. The first-order chi connectivity index (χ1) is 13.0. The van der Waals surface area contributed by atoms with Crippen LogP contribution in [0.1, 0.15) is 24.3 Å². The molecule has 1 atom stereocenters. The fourth-order valence-corrected chi connectivity index (χ4v) is 4.95. The van der Waals surface area contributed by atoms with Gasteiger partial charge in [0, 0.05) is 28.6 Å². The number of halogens is 1. The standard InChI is InChI=1S/C20H23ClN4OS/c1-24-8-3-6-15(24)7-9-25-11-17(26)18(19(25)22)20-23-16(12-27-20)13-4-2-5-14(21)10-13/h2,4-5,10,12,15,22,26H,3,6-9,11H2,1H3. The van der Waals surface area contributed by atoms with E-state index in [1.807, 2.05) is 34.5 Å². The molecule has 7 heteroatoms. The lowest BCUT2D eigenvalue weighted by Gasteiger charge is -2.24. The molecule has 27 heavy (non-hydrogen) atoms. The Morgan fingerprint density at radius 3 is 3.00 bits per heavy atom. The number of aromatic nitrogens is 1. The highest BCUT2D eigenvalue weighted by Crippen LogP contribution is 2.33. The first-order valence-electron chi connectivity index (χ1n) is 9.21. The molecular formula is C20H23ClN4OS. The Balaban J connectivity index is 1.47. The number of aliphatic hydroxyl groups excluding tert-OH is 1. The van der Waals surface area contributed by atoms with Gasteiger partial charge >= 0.3 is 0 Å². The Bertz CT molecular complexity index is 894. The van der Waals surface area contributed by atoms with Gasteiger partial charge in [0.1, 0.15) is 16.6 Å². The summed E-state index contributed by atoms with van der Waals surface area (Å²) in [6.45, 7) is 2.34. The average Bonchev–Trinajstić information content (AvgIpc) is 3.33. The number of hydrogen-bond donors (Lipinski definition) is 2. The van der Waals surface area contributed by atoms with E-state index in [-0.39, 0.29) is 5.76 Å². The van der Waals surface area contributed by atoms with E-state index in [4.69, 9.17) is 17.0 Å². The third kappa shape index (κ3) is 3.74. The van der Waals surface area contributed by atoms with Crippen LogP contribution >= 0.6 is 22.9 Å². The van der Waals surface area contributed by atoms with Crippen LogP contribution in [0.15, 0.2) is 35.4 Å². The van der Waals surface area contributed by atoms with Gasteiger partial charge in [0.2, 0.25) is 0 Å². The van der Waals surface area contributed by atoms with E-state index in [0.29, 0.717) is 34.0 Å². The predicted molar refractivity (Wildman–Crippen MR) is 112 cm³/mol. The fourth-order valence-electron chi connectivity index (χ4n) is 3.87. The molecule has 0 aliphatic carbocycles. The molecule has 4 rings (SSSR count). The van der Waals surface area contributed by atoms with Gasteiger partial charge in [-0.15, -0.1) is 11.3 Å². The van der Waals surface area contributed by atoms with E-state index in [2.05, 4.69) is 16.9 Å². The molecule has 2 aromatic rings. The number of rotatable bonds is 5. The van der Waals surface area contributed by atoms with Gasteiger partial charge in [0.05, 0.1) is 17.8 Å². The van der Waals surface area contributed by atoms with Gasteiger partial charge in [-0.2, -0.15) is 0 Å². The molecule has 5 nitrogen and oxygen atoms in total. The molecule has 1 saturated heterocycles. The second-order valence-electron chi connectivity index (χ2n) is 7.21. The monoisotopic (exact) mass is 402 g/mol. The van der Waals surface area contributed by atoms with E-state index >= 15 is 0 Å². The molecule has 1 aromatic carbocycles. The smallest absolute Gasteiger partial charge is 0.135 e. The third-order valence-corrected chi connectivity index (χ3v) is 6.52. The second kappa shape index (κ2) is 7.62. The van der Waals surface area contributed by atoms with Crippen molar-refractivity contribution in [2.45, 2.75) is 25.3 Å². The molecule has 0 bridgehead atoms. The summed E-state index contributed by atoms with van der Waals surface area (Å²) < 4.78 is 0. The number of thiazole rings is 1. The zero-order valence-electron chi connectivity index (χ0n) is 15.3. The molecule has 1 unspecified atom stereocenters. The molecule has 0 amide bonds. The number of likely N-dealkylation sites (tertiary alicyclic amines) is 1. The molecule has 3 heterocycles. The minimum absolute atomic E-state index is 0.242. The molecule has 0 saturated carbocycles. The van der Waals surface area contributed by atoms with Crippen LogP contribution in [-0.4, -0.2) is 58.4 Å². The Morgan fingerprint density at radius 1 is 1.41 bits per heavy atom. The van der Waals surface area contributed by atoms with E-state index < -0.39 is 0 Å². The maximum Gasteiger partial charge on any atom is 0.135 e. The first kappa shape index (κ1) is 18.5. The highest BCUT2D eigenvalue weighted by Gasteiger charge is 2.31. The lowest BCUT2D eigenvalue weighted by Crippen LogP contribution is -2.33. The summed E-state index contributed by atoms with van der Waals surface area (Å²) in [5, 5.41) is 22.3. The Kier molecular flexibility index (Phi) is 5.21. The van der Waals surface area contributed by atoms with Crippen molar-refractivity contribution < 1.29 is 5.11 Å². The van der Waals surface area contributed by atoms with Crippen LogP contribution in [0, 0.1) is 5.41 Å². The van der Waals surface area contributed by atoms with Crippen LogP contribution < -0.4 is 0 Å². The minimum atomic E-state index is 0.242. The summed E-state index contributed by atoms with van der Waals surface area (Å²) in [5.74, 6) is 0.618. The molecular weight excluding hydrogens is 380 g/mol. The van der Waals surface area contributed by atoms with Crippen molar-refractivity contribution >= 4 is 34.3 Å². The topological polar surface area (TPSA) is 63.5 Å². The number of hydrogen-bond acceptors (Lipinski definition) is 5. The molecule has 2 aliphatic rings. The Hall–Kier alpha value is -1.89. The van der Waals surface area contributed by atoms with Gasteiger partial charge in [-0.05, 0) is 45.0 Å². The van der Waals surface area contributed by atoms with Gasteiger partial charge in [0.25, 0.3) is 0 Å². The summed E-state index contributed by atoms with van der Waals surface area (Å²) in [5.41, 5.74) is 2.32. The number of benzene rings is 1.